The first-order chi connectivity index (χ1) is 16.1. The van der Waals surface area contributed by atoms with Crippen LogP contribution in [-0.4, -0.2) is 51.6 Å². The number of piperidine rings is 1. The highest BCUT2D eigenvalue weighted by atomic mass is 16.6. The van der Waals surface area contributed by atoms with Gasteiger partial charge in [0.1, 0.15) is 19.0 Å². The molecule has 3 heterocycles. The maximum absolute atomic E-state index is 13.0. The molecular weight excluding hydrogens is 422 g/mol. The van der Waals surface area contributed by atoms with Gasteiger partial charge in [-0.3, -0.25) is 4.57 Å². The smallest absolute Gasteiger partial charge is 0.345 e. The van der Waals surface area contributed by atoms with E-state index in [1.54, 1.807) is 28.6 Å². The maximum atomic E-state index is 13.0. The topological polar surface area (TPSA) is 90.6 Å². The Balaban J connectivity index is 1.31. The highest BCUT2D eigenvalue weighted by Gasteiger charge is 2.29. The quantitative estimate of drug-likeness (QED) is 0.662. The van der Waals surface area contributed by atoms with Crippen LogP contribution in [0.25, 0.3) is 0 Å². The van der Waals surface area contributed by atoms with Crippen molar-refractivity contribution in [2.75, 3.05) is 31.6 Å². The highest BCUT2D eigenvalue weighted by Crippen LogP contribution is 2.33. The van der Waals surface area contributed by atoms with Gasteiger partial charge >= 0.3 is 11.7 Å². The summed E-state index contributed by atoms with van der Waals surface area (Å²) >= 11 is 0. The third-order valence-corrected chi connectivity index (χ3v) is 6.09. The number of anilines is 1. The number of hydrogen-bond donors (Lipinski definition) is 1. The largest absolute Gasteiger partial charge is 0.486 e. The summed E-state index contributed by atoms with van der Waals surface area (Å²) in [6, 6.07) is 15.1. The molecule has 2 aliphatic rings. The second-order valence-electron chi connectivity index (χ2n) is 8.41. The van der Waals surface area contributed by atoms with Gasteiger partial charge in [0.25, 0.3) is 0 Å². The Bertz CT molecular complexity index is 1200. The molecule has 33 heavy (non-hydrogen) atoms. The molecule has 0 aliphatic carbocycles. The van der Waals surface area contributed by atoms with Gasteiger partial charge in [0.05, 0.1) is 6.54 Å². The molecule has 9 heteroatoms. The Hall–Kier alpha value is -3.75. The fourth-order valence-corrected chi connectivity index (χ4v) is 4.44. The van der Waals surface area contributed by atoms with Gasteiger partial charge in [-0.1, -0.05) is 30.3 Å². The molecule has 1 saturated heterocycles. The number of rotatable bonds is 4. The van der Waals surface area contributed by atoms with Crippen LogP contribution in [0.2, 0.25) is 0 Å². The summed E-state index contributed by atoms with van der Waals surface area (Å²) in [4.78, 5) is 27.6. The average Bonchev–Trinajstić information content (AvgIpc) is 3.13. The summed E-state index contributed by atoms with van der Waals surface area (Å²) in [5.74, 6) is 2.03. The molecule has 1 atom stereocenters. The van der Waals surface area contributed by atoms with E-state index < -0.39 is 0 Å². The zero-order valence-electron chi connectivity index (χ0n) is 18.6. The summed E-state index contributed by atoms with van der Waals surface area (Å²) in [5.41, 5.74) is 1.55. The van der Waals surface area contributed by atoms with E-state index in [-0.39, 0.29) is 17.6 Å². The van der Waals surface area contributed by atoms with Crippen molar-refractivity contribution in [1.82, 2.24) is 19.2 Å². The van der Waals surface area contributed by atoms with Crippen molar-refractivity contribution < 1.29 is 14.3 Å². The van der Waals surface area contributed by atoms with E-state index >= 15 is 0 Å². The molecule has 9 nitrogen and oxygen atoms in total. The van der Waals surface area contributed by atoms with Gasteiger partial charge in [0.15, 0.2) is 11.5 Å². The van der Waals surface area contributed by atoms with E-state index in [2.05, 4.69) is 10.4 Å². The summed E-state index contributed by atoms with van der Waals surface area (Å²) in [7, 11) is 1.67. The molecule has 0 saturated carbocycles. The second-order valence-corrected chi connectivity index (χ2v) is 8.41. The number of nitrogens with one attached hydrogen (secondary N) is 1. The molecule has 172 valence electrons. The first-order valence-corrected chi connectivity index (χ1v) is 11.2. The Morgan fingerprint density at radius 3 is 2.73 bits per heavy atom. The van der Waals surface area contributed by atoms with E-state index in [0.29, 0.717) is 50.0 Å². The van der Waals surface area contributed by atoms with Crippen molar-refractivity contribution >= 4 is 11.7 Å². The third kappa shape index (κ3) is 4.44. The van der Waals surface area contributed by atoms with E-state index in [0.717, 1.165) is 24.2 Å². The van der Waals surface area contributed by atoms with Gasteiger partial charge in [0, 0.05) is 37.8 Å². The summed E-state index contributed by atoms with van der Waals surface area (Å²) in [6.45, 7) is 2.64. The molecule has 1 unspecified atom stereocenters. The van der Waals surface area contributed by atoms with Crippen LogP contribution < -0.4 is 20.5 Å². The van der Waals surface area contributed by atoms with Crippen LogP contribution in [0.15, 0.2) is 53.3 Å². The highest BCUT2D eigenvalue weighted by molar-refractivity contribution is 5.89. The number of urea groups is 1. The van der Waals surface area contributed by atoms with Crippen LogP contribution in [-0.2, 0) is 13.6 Å². The van der Waals surface area contributed by atoms with Crippen molar-refractivity contribution in [2.45, 2.75) is 25.3 Å². The van der Waals surface area contributed by atoms with E-state index in [9.17, 15) is 9.59 Å². The minimum Gasteiger partial charge on any atom is -0.486 e. The van der Waals surface area contributed by atoms with E-state index in [1.807, 2.05) is 36.4 Å². The van der Waals surface area contributed by atoms with Crippen LogP contribution in [0, 0.1) is 0 Å². The number of fused-ring (bicyclic) bond motifs is 1. The number of carbonyl (C=O) groups is 1. The molecular formula is C24H27N5O4. The number of benzene rings is 2. The van der Waals surface area contributed by atoms with Gasteiger partial charge < -0.3 is 19.7 Å². The number of aromatic nitrogens is 3. The first-order valence-electron chi connectivity index (χ1n) is 11.2. The number of hydrogen-bond acceptors (Lipinski definition) is 5. The van der Waals surface area contributed by atoms with Gasteiger partial charge in [0.2, 0.25) is 0 Å². The zero-order chi connectivity index (χ0) is 22.8. The molecule has 2 amide bonds. The van der Waals surface area contributed by atoms with Gasteiger partial charge in [-0.15, -0.1) is 0 Å². The molecule has 1 aromatic heterocycles. The Kier molecular flexibility index (Phi) is 5.77. The summed E-state index contributed by atoms with van der Waals surface area (Å²) in [6.07, 6.45) is 1.72. The minimum absolute atomic E-state index is 0.0117. The SMILES string of the molecule is Cn1nc(C2CCCN(C(=O)Nc3ccc4c(c3)OCCO4)C2)n(Cc2ccccc2)c1=O. The first kappa shape index (κ1) is 21.1. The van der Waals surface area contributed by atoms with Crippen molar-refractivity contribution in [3.05, 3.63) is 70.4 Å². The van der Waals surface area contributed by atoms with Crippen LogP contribution in [0.4, 0.5) is 10.5 Å². The number of likely N-dealkylation sites (tertiary alicyclic amines) is 1. The molecule has 2 aromatic carbocycles. The van der Waals surface area contributed by atoms with Crippen LogP contribution in [0.3, 0.4) is 0 Å². The number of aryl methyl sites for hydroxylation is 1. The van der Waals surface area contributed by atoms with E-state index in [1.165, 1.54) is 4.68 Å². The van der Waals surface area contributed by atoms with E-state index in [4.69, 9.17) is 9.47 Å². The summed E-state index contributed by atoms with van der Waals surface area (Å²) in [5, 5.41) is 7.50. The Labute approximate surface area is 191 Å². The lowest BCUT2D eigenvalue weighted by atomic mass is 9.97. The molecule has 3 aromatic rings. The lowest BCUT2D eigenvalue weighted by molar-refractivity contribution is 0.171. The second kappa shape index (κ2) is 9.01. The van der Waals surface area contributed by atoms with Crippen LogP contribution >= 0.6 is 0 Å². The molecule has 2 aliphatic heterocycles. The fourth-order valence-electron chi connectivity index (χ4n) is 4.44. The third-order valence-electron chi connectivity index (χ3n) is 6.09. The van der Waals surface area contributed by atoms with Crippen LogP contribution in [0.1, 0.15) is 30.1 Å². The molecule has 1 fully saturated rings. The van der Waals surface area contributed by atoms with Gasteiger partial charge in [-0.25, -0.2) is 14.3 Å². The number of ether oxygens (including phenoxy) is 2. The normalized spacial score (nSPS) is 17.6. The molecule has 0 spiro atoms. The minimum atomic E-state index is -0.177. The monoisotopic (exact) mass is 449 g/mol. The van der Waals surface area contributed by atoms with Crippen LogP contribution in [0.5, 0.6) is 11.5 Å². The van der Waals surface area contributed by atoms with Gasteiger partial charge in [-0.05, 0) is 30.5 Å². The Morgan fingerprint density at radius 1 is 1.12 bits per heavy atom. The number of nitrogens with zero attached hydrogens (tertiary/aromatic N) is 4. The fraction of sp³-hybridized carbons (Fsp3) is 0.375. The predicted molar refractivity (Wildman–Crippen MR) is 123 cm³/mol. The number of carbonyl (C=O) groups excluding carboxylic acids is 1. The molecule has 1 N–H and O–H groups in total. The summed E-state index contributed by atoms with van der Waals surface area (Å²) < 4.78 is 14.3. The zero-order valence-corrected chi connectivity index (χ0v) is 18.6. The van der Waals surface area contributed by atoms with Crippen molar-refractivity contribution in [1.29, 1.82) is 0 Å². The molecule has 5 rings (SSSR count). The molecule has 0 bridgehead atoms. The van der Waals surface area contributed by atoms with Crippen molar-refractivity contribution in [3.8, 4) is 11.5 Å². The lowest BCUT2D eigenvalue weighted by Gasteiger charge is -2.32. The number of amides is 2. The predicted octanol–water partition coefficient (Wildman–Crippen LogP) is 2.81. The maximum Gasteiger partial charge on any atom is 0.345 e. The van der Waals surface area contributed by atoms with Crippen molar-refractivity contribution in [3.63, 3.8) is 0 Å². The Morgan fingerprint density at radius 2 is 1.91 bits per heavy atom. The molecule has 0 radical (unpaired) electrons. The average molecular weight is 450 g/mol. The standard InChI is InChI=1S/C24H27N5O4/c1-27-24(31)29(15-17-6-3-2-4-7-17)22(26-27)18-8-5-11-28(16-18)23(30)25-19-9-10-20-21(14-19)33-13-12-32-20/h2-4,6-7,9-10,14,18H,5,8,11-13,15-16H2,1H3,(H,25,30). The van der Waals surface area contributed by atoms with Crippen molar-refractivity contribution in [2.24, 2.45) is 7.05 Å². The van der Waals surface area contributed by atoms with Gasteiger partial charge in [-0.2, -0.15) is 5.10 Å². The lowest BCUT2D eigenvalue weighted by Crippen LogP contribution is -2.42.